The van der Waals surface area contributed by atoms with Crippen LogP contribution < -0.4 is 15.4 Å². The average Bonchev–Trinajstić information content (AvgIpc) is 2.41. The molecule has 116 valence electrons. The van der Waals surface area contributed by atoms with Crippen molar-refractivity contribution in [2.24, 2.45) is 5.73 Å². The third-order valence-electron chi connectivity index (χ3n) is 2.67. The number of nitrogens with two attached hydrogens (primary N) is 1. The minimum absolute atomic E-state index is 0.266. The molecule has 1 heterocycles. The molecular formula is C14H12F3N3O2. The lowest BCUT2D eigenvalue weighted by molar-refractivity contribution is -0.274. The van der Waals surface area contributed by atoms with E-state index in [0.29, 0.717) is 0 Å². The highest BCUT2D eigenvalue weighted by molar-refractivity contribution is 5.97. The molecular weight excluding hydrogens is 299 g/mol. The lowest BCUT2D eigenvalue weighted by Crippen LogP contribution is -2.32. The lowest BCUT2D eigenvalue weighted by atomic mass is 10.2. The summed E-state index contributed by atoms with van der Waals surface area (Å²) in [5, 5.41) is 0. The molecule has 8 heteroatoms. The van der Waals surface area contributed by atoms with Crippen LogP contribution in [0, 0.1) is 6.92 Å². The number of halogens is 3. The van der Waals surface area contributed by atoms with E-state index in [9.17, 15) is 18.0 Å². The van der Waals surface area contributed by atoms with Crippen molar-refractivity contribution in [3.8, 4) is 5.75 Å². The van der Waals surface area contributed by atoms with E-state index in [4.69, 9.17) is 5.73 Å². The average molecular weight is 311 g/mol. The molecule has 1 aromatic heterocycles. The summed E-state index contributed by atoms with van der Waals surface area (Å²) in [6.45, 7) is 1.83. The third kappa shape index (κ3) is 3.87. The number of rotatable bonds is 3. The van der Waals surface area contributed by atoms with E-state index in [2.05, 4.69) is 9.72 Å². The molecule has 0 aliphatic rings. The Labute approximate surface area is 124 Å². The zero-order valence-electron chi connectivity index (χ0n) is 11.5. The van der Waals surface area contributed by atoms with E-state index in [0.717, 1.165) is 22.6 Å². The second-order valence-corrected chi connectivity index (χ2v) is 4.41. The minimum atomic E-state index is -4.77. The molecule has 0 bridgehead atoms. The number of urea groups is 1. The number of carbonyl (C=O) groups excluding carboxylic acids is 1. The first-order valence-electron chi connectivity index (χ1n) is 6.14. The number of primary amides is 1. The molecule has 0 fully saturated rings. The van der Waals surface area contributed by atoms with Crippen molar-refractivity contribution in [1.29, 1.82) is 0 Å². The molecule has 1 aromatic carbocycles. The van der Waals surface area contributed by atoms with Crippen molar-refractivity contribution in [2.75, 3.05) is 4.90 Å². The number of benzene rings is 1. The summed E-state index contributed by atoms with van der Waals surface area (Å²) in [6.07, 6.45) is -3.23. The molecule has 0 saturated carbocycles. The first kappa shape index (κ1) is 15.6. The third-order valence-corrected chi connectivity index (χ3v) is 2.67. The Morgan fingerprint density at radius 1 is 1.18 bits per heavy atom. The number of nitrogens with zero attached hydrogens (tertiary/aromatic N) is 2. The zero-order valence-corrected chi connectivity index (χ0v) is 11.5. The summed E-state index contributed by atoms with van der Waals surface area (Å²) < 4.78 is 40.1. The Bertz CT molecular complexity index is 655. The van der Waals surface area contributed by atoms with Crippen LogP contribution in [0.25, 0.3) is 0 Å². The van der Waals surface area contributed by atoms with Crippen LogP contribution in [0.15, 0.2) is 42.6 Å². The van der Waals surface area contributed by atoms with Crippen LogP contribution in [0.5, 0.6) is 5.75 Å². The van der Waals surface area contributed by atoms with Gasteiger partial charge in [-0.2, -0.15) is 0 Å². The van der Waals surface area contributed by atoms with Gasteiger partial charge in [0.1, 0.15) is 11.6 Å². The van der Waals surface area contributed by atoms with E-state index < -0.39 is 18.1 Å². The van der Waals surface area contributed by atoms with Crippen molar-refractivity contribution >= 4 is 17.5 Å². The fourth-order valence-electron chi connectivity index (χ4n) is 1.76. The lowest BCUT2D eigenvalue weighted by Gasteiger charge is -2.20. The number of amides is 2. The van der Waals surface area contributed by atoms with E-state index in [1.54, 1.807) is 18.3 Å². The predicted octanol–water partition coefficient (Wildman–Crippen LogP) is 3.51. The maximum Gasteiger partial charge on any atom is 0.573 e. The summed E-state index contributed by atoms with van der Waals surface area (Å²) in [5.41, 5.74) is 6.48. The fraction of sp³-hybridized carbons (Fsp3) is 0.143. The molecule has 0 aliphatic heterocycles. The van der Waals surface area contributed by atoms with Gasteiger partial charge in [0.05, 0.1) is 5.69 Å². The van der Waals surface area contributed by atoms with E-state index in [1.165, 1.54) is 12.1 Å². The Morgan fingerprint density at radius 2 is 1.82 bits per heavy atom. The van der Waals surface area contributed by atoms with Gasteiger partial charge in [-0.05, 0) is 42.8 Å². The van der Waals surface area contributed by atoms with Gasteiger partial charge < -0.3 is 10.5 Å². The predicted molar refractivity (Wildman–Crippen MR) is 73.8 cm³/mol. The second-order valence-electron chi connectivity index (χ2n) is 4.41. The van der Waals surface area contributed by atoms with E-state index in [-0.39, 0.29) is 11.5 Å². The quantitative estimate of drug-likeness (QED) is 0.943. The van der Waals surface area contributed by atoms with Gasteiger partial charge in [0.2, 0.25) is 0 Å². The van der Waals surface area contributed by atoms with Crippen LogP contribution in [0.3, 0.4) is 0 Å². The summed E-state index contributed by atoms with van der Waals surface area (Å²) in [7, 11) is 0. The van der Waals surface area contributed by atoms with E-state index >= 15 is 0 Å². The summed E-state index contributed by atoms with van der Waals surface area (Å²) >= 11 is 0. The highest BCUT2D eigenvalue weighted by Gasteiger charge is 2.31. The first-order valence-corrected chi connectivity index (χ1v) is 6.14. The van der Waals surface area contributed by atoms with Gasteiger partial charge in [0, 0.05) is 6.20 Å². The van der Waals surface area contributed by atoms with Crippen LogP contribution >= 0.6 is 0 Å². The minimum Gasteiger partial charge on any atom is -0.406 e. The Balaban J connectivity index is 2.30. The Morgan fingerprint density at radius 3 is 2.27 bits per heavy atom. The SMILES string of the molecule is Cc1ccc(N(C(N)=O)c2ccc(OC(F)(F)F)cc2)nc1. The number of alkyl halides is 3. The largest absolute Gasteiger partial charge is 0.573 e. The zero-order chi connectivity index (χ0) is 16.3. The highest BCUT2D eigenvalue weighted by atomic mass is 19.4. The smallest absolute Gasteiger partial charge is 0.406 e. The summed E-state index contributed by atoms with van der Waals surface area (Å²) in [6, 6.07) is 7.26. The number of hydrogen-bond acceptors (Lipinski definition) is 3. The van der Waals surface area contributed by atoms with Crippen molar-refractivity contribution < 1.29 is 22.7 Å². The number of aromatic nitrogens is 1. The molecule has 0 atom stereocenters. The van der Waals surface area contributed by atoms with Crippen molar-refractivity contribution in [1.82, 2.24) is 4.98 Å². The Kier molecular flexibility index (Phi) is 4.20. The van der Waals surface area contributed by atoms with Crippen LogP contribution in [0.2, 0.25) is 0 Å². The maximum absolute atomic E-state index is 12.1. The van der Waals surface area contributed by atoms with Gasteiger partial charge in [-0.3, -0.25) is 0 Å². The summed E-state index contributed by atoms with van der Waals surface area (Å²) in [4.78, 5) is 16.7. The highest BCUT2D eigenvalue weighted by Crippen LogP contribution is 2.28. The van der Waals surface area contributed by atoms with Gasteiger partial charge in [-0.15, -0.1) is 13.2 Å². The topological polar surface area (TPSA) is 68.5 Å². The number of pyridine rings is 1. The van der Waals surface area contributed by atoms with Crippen molar-refractivity contribution in [3.63, 3.8) is 0 Å². The molecule has 2 amide bonds. The number of hydrogen-bond donors (Lipinski definition) is 1. The van der Waals surface area contributed by atoms with Crippen LogP contribution in [-0.4, -0.2) is 17.4 Å². The second kappa shape index (κ2) is 5.92. The van der Waals surface area contributed by atoms with Gasteiger partial charge in [0.25, 0.3) is 0 Å². The van der Waals surface area contributed by atoms with Gasteiger partial charge in [-0.1, -0.05) is 6.07 Å². The fourth-order valence-corrected chi connectivity index (χ4v) is 1.76. The molecule has 22 heavy (non-hydrogen) atoms. The Hall–Kier alpha value is -2.77. The van der Waals surface area contributed by atoms with Crippen molar-refractivity contribution in [2.45, 2.75) is 13.3 Å². The maximum atomic E-state index is 12.1. The molecule has 0 saturated heterocycles. The monoisotopic (exact) mass is 311 g/mol. The van der Waals surface area contributed by atoms with Gasteiger partial charge in [-0.25, -0.2) is 14.7 Å². The normalized spacial score (nSPS) is 11.1. The summed E-state index contributed by atoms with van der Waals surface area (Å²) in [5.74, 6) is -0.125. The first-order chi connectivity index (χ1) is 10.3. The molecule has 0 spiro atoms. The van der Waals surface area contributed by atoms with Crippen molar-refractivity contribution in [3.05, 3.63) is 48.2 Å². The van der Waals surface area contributed by atoms with Crippen LogP contribution in [-0.2, 0) is 0 Å². The number of aryl methyl sites for hydroxylation is 1. The van der Waals surface area contributed by atoms with Crippen LogP contribution in [0.4, 0.5) is 29.5 Å². The number of carbonyl (C=O) groups is 1. The molecule has 0 aliphatic carbocycles. The molecule has 2 aromatic rings. The molecule has 0 radical (unpaired) electrons. The van der Waals surface area contributed by atoms with E-state index in [1.807, 2.05) is 6.92 Å². The number of anilines is 2. The van der Waals surface area contributed by atoms with Crippen LogP contribution in [0.1, 0.15) is 5.56 Å². The van der Waals surface area contributed by atoms with Gasteiger partial charge in [0.15, 0.2) is 0 Å². The number of ether oxygens (including phenoxy) is 1. The molecule has 5 nitrogen and oxygen atoms in total. The molecule has 2 rings (SSSR count). The standard InChI is InChI=1S/C14H12F3N3O2/c1-9-2-7-12(19-8-9)20(13(18)21)10-3-5-11(6-4-10)22-14(15,16)17/h2-8H,1H3,(H2,18,21). The van der Waals surface area contributed by atoms with Gasteiger partial charge >= 0.3 is 12.4 Å². The molecule has 0 unspecified atom stereocenters. The molecule has 2 N–H and O–H groups in total.